The van der Waals surface area contributed by atoms with Gasteiger partial charge in [0, 0.05) is 0 Å². The molecule has 0 aliphatic rings. The molecule has 0 spiro atoms. The molecule has 0 atom stereocenters. The molecular weight excluding hydrogens is 171 g/mol. The number of amides is 2. The molecule has 0 saturated heterocycles. The van der Waals surface area contributed by atoms with Crippen molar-refractivity contribution in [3.63, 3.8) is 0 Å². The summed E-state index contributed by atoms with van der Waals surface area (Å²) >= 11 is 0.172. The second-order valence-electron chi connectivity index (χ2n) is 1.63. The molecule has 0 aromatic carbocycles. The van der Waals surface area contributed by atoms with Crippen molar-refractivity contribution < 1.29 is 4.79 Å². The van der Waals surface area contributed by atoms with Gasteiger partial charge >= 0.3 is 54.7 Å². The zero-order chi connectivity index (χ0) is 6.57. The number of carbonyl (C=O) groups is 1. The van der Waals surface area contributed by atoms with E-state index in [2.05, 4.69) is 4.33 Å². The van der Waals surface area contributed by atoms with Crippen molar-refractivity contribution in [2.75, 3.05) is 0 Å². The minimum atomic E-state index is -0.418. The van der Waals surface area contributed by atoms with Crippen molar-refractivity contribution in [2.45, 2.75) is 18.7 Å². The van der Waals surface area contributed by atoms with Crippen LogP contribution < -0.4 is 10.1 Å². The summed E-state index contributed by atoms with van der Waals surface area (Å²) in [5, 5.41) is 0. The minimum absolute atomic E-state index is 0.172. The van der Waals surface area contributed by atoms with Crippen LogP contribution in [0, 0.1) is 0 Å². The monoisotopic (exact) mass is 182 g/mol. The van der Waals surface area contributed by atoms with Gasteiger partial charge in [0.05, 0.1) is 0 Å². The number of hydrogen-bond acceptors (Lipinski definition) is 1. The summed E-state index contributed by atoms with van der Waals surface area (Å²) < 4.78 is 2.55. The van der Waals surface area contributed by atoms with E-state index in [4.69, 9.17) is 5.73 Å². The Morgan fingerprint density at radius 1 is 1.75 bits per heavy atom. The predicted octanol–water partition coefficient (Wildman–Crippen LogP) is 0.102. The Morgan fingerprint density at radius 2 is 2.25 bits per heavy atom. The number of nitrogens with one attached hydrogen (secondary N) is 1. The van der Waals surface area contributed by atoms with Gasteiger partial charge in [-0.1, -0.05) is 0 Å². The van der Waals surface area contributed by atoms with Crippen molar-refractivity contribution in [3.05, 3.63) is 0 Å². The van der Waals surface area contributed by atoms with E-state index in [1.807, 2.05) is 13.8 Å². The first-order chi connectivity index (χ1) is 3.63. The standard InChI is InChI=1S/C4H10N2OSe/c1-3(2)8-6-4(5)7/h3H,1-2H3,(H3,5,6,7). The summed E-state index contributed by atoms with van der Waals surface area (Å²) in [5.74, 6) is 0. The van der Waals surface area contributed by atoms with E-state index < -0.39 is 6.03 Å². The number of nitrogens with two attached hydrogens (primary N) is 1. The third kappa shape index (κ3) is 5.79. The van der Waals surface area contributed by atoms with Gasteiger partial charge in [-0.3, -0.25) is 0 Å². The van der Waals surface area contributed by atoms with Gasteiger partial charge in [0.2, 0.25) is 0 Å². The van der Waals surface area contributed by atoms with Crippen molar-refractivity contribution >= 4 is 21.2 Å². The molecule has 0 aromatic rings. The van der Waals surface area contributed by atoms with Gasteiger partial charge in [0.15, 0.2) is 0 Å². The molecule has 48 valence electrons. The first kappa shape index (κ1) is 7.79. The number of hydrogen-bond donors (Lipinski definition) is 2. The van der Waals surface area contributed by atoms with E-state index in [1.165, 1.54) is 0 Å². The quantitative estimate of drug-likeness (QED) is 0.583. The molecule has 2 amide bonds. The van der Waals surface area contributed by atoms with Crippen LogP contribution in [-0.2, 0) is 0 Å². The number of urea groups is 1. The fourth-order valence-corrected chi connectivity index (χ4v) is 0.914. The first-order valence-corrected chi connectivity index (χ1v) is 4.18. The Morgan fingerprint density at radius 3 is 2.38 bits per heavy atom. The molecule has 0 unspecified atom stereocenters. The maximum absolute atomic E-state index is 10.0. The Kier molecular flexibility index (Phi) is 3.65. The van der Waals surface area contributed by atoms with Crippen molar-refractivity contribution in [2.24, 2.45) is 5.73 Å². The van der Waals surface area contributed by atoms with Crippen molar-refractivity contribution in [1.82, 2.24) is 4.33 Å². The molecule has 8 heavy (non-hydrogen) atoms. The van der Waals surface area contributed by atoms with Gasteiger partial charge in [-0.05, 0) is 0 Å². The number of carbonyl (C=O) groups excluding carboxylic acids is 1. The zero-order valence-corrected chi connectivity index (χ0v) is 6.68. The van der Waals surface area contributed by atoms with Gasteiger partial charge < -0.3 is 0 Å². The molecule has 0 fully saturated rings. The number of rotatable bonds is 2. The summed E-state index contributed by atoms with van der Waals surface area (Å²) in [5.41, 5.74) is 4.81. The molecule has 3 nitrogen and oxygen atoms in total. The molecule has 0 aromatic heterocycles. The first-order valence-electron chi connectivity index (χ1n) is 2.34. The molecule has 0 radical (unpaired) electrons. The summed E-state index contributed by atoms with van der Waals surface area (Å²) in [6.45, 7) is 4.08. The van der Waals surface area contributed by atoms with E-state index in [0.29, 0.717) is 4.82 Å². The van der Waals surface area contributed by atoms with E-state index in [1.54, 1.807) is 0 Å². The molecule has 0 saturated carbocycles. The average molecular weight is 181 g/mol. The Labute approximate surface area is 55.4 Å². The maximum atomic E-state index is 10.0. The third-order valence-electron chi connectivity index (χ3n) is 0.395. The van der Waals surface area contributed by atoms with Gasteiger partial charge in [0.25, 0.3) is 0 Å². The van der Waals surface area contributed by atoms with Crippen LogP contribution in [0.4, 0.5) is 4.79 Å². The van der Waals surface area contributed by atoms with Crippen molar-refractivity contribution in [1.29, 1.82) is 0 Å². The second-order valence-corrected chi connectivity index (χ2v) is 4.53. The van der Waals surface area contributed by atoms with Crippen LogP contribution in [0.2, 0.25) is 4.82 Å². The molecule has 0 aliphatic carbocycles. The van der Waals surface area contributed by atoms with Gasteiger partial charge in [-0.15, -0.1) is 0 Å². The van der Waals surface area contributed by atoms with E-state index in [-0.39, 0.29) is 15.2 Å². The van der Waals surface area contributed by atoms with Crippen LogP contribution in [0.1, 0.15) is 13.8 Å². The fourth-order valence-electron chi connectivity index (χ4n) is 0.176. The van der Waals surface area contributed by atoms with Crippen LogP contribution in [0.15, 0.2) is 0 Å². The van der Waals surface area contributed by atoms with Crippen molar-refractivity contribution in [3.8, 4) is 0 Å². The van der Waals surface area contributed by atoms with Gasteiger partial charge in [0.1, 0.15) is 0 Å². The molecule has 0 aliphatic heterocycles. The van der Waals surface area contributed by atoms with E-state index in [9.17, 15) is 4.79 Å². The fraction of sp³-hybridized carbons (Fsp3) is 0.750. The van der Waals surface area contributed by atoms with Crippen LogP contribution >= 0.6 is 0 Å². The zero-order valence-electron chi connectivity index (χ0n) is 4.97. The molecule has 0 bridgehead atoms. The Balaban J connectivity index is 3.05. The van der Waals surface area contributed by atoms with Crippen LogP contribution in [0.25, 0.3) is 0 Å². The average Bonchev–Trinajstić information content (AvgIpc) is 1.61. The van der Waals surface area contributed by atoms with Gasteiger partial charge in [-0.25, -0.2) is 0 Å². The summed E-state index contributed by atoms with van der Waals surface area (Å²) in [6, 6.07) is -0.418. The summed E-state index contributed by atoms with van der Waals surface area (Å²) in [4.78, 5) is 10.6. The summed E-state index contributed by atoms with van der Waals surface area (Å²) in [7, 11) is 0. The second kappa shape index (κ2) is 3.75. The topological polar surface area (TPSA) is 55.1 Å². The molecule has 4 heteroatoms. The van der Waals surface area contributed by atoms with Crippen LogP contribution in [0.5, 0.6) is 0 Å². The molecular formula is C4H10N2OSe. The van der Waals surface area contributed by atoms with Gasteiger partial charge in [-0.2, -0.15) is 0 Å². The Hall–Kier alpha value is -0.211. The van der Waals surface area contributed by atoms with E-state index in [0.717, 1.165) is 0 Å². The molecule has 0 heterocycles. The normalized spacial score (nSPS) is 9.38. The van der Waals surface area contributed by atoms with E-state index >= 15 is 0 Å². The number of primary amides is 1. The molecule has 3 N–H and O–H groups in total. The predicted molar refractivity (Wildman–Crippen MR) is 33.6 cm³/mol. The summed E-state index contributed by atoms with van der Waals surface area (Å²) in [6.07, 6.45) is 0. The SMILES string of the molecule is CC(C)[Se]NC(N)=O. The Bertz CT molecular complexity index is 84.1. The van der Waals surface area contributed by atoms with Crippen LogP contribution in [0.3, 0.4) is 0 Å². The third-order valence-corrected chi connectivity index (χ3v) is 2.05. The van der Waals surface area contributed by atoms with Crippen LogP contribution in [-0.4, -0.2) is 21.2 Å². The molecule has 0 rings (SSSR count).